The highest BCUT2D eigenvalue weighted by atomic mass is 35.5. The van der Waals surface area contributed by atoms with Gasteiger partial charge in [-0.1, -0.05) is 31.5 Å². The van der Waals surface area contributed by atoms with Gasteiger partial charge < -0.3 is 10.2 Å². The van der Waals surface area contributed by atoms with Gasteiger partial charge in [0.15, 0.2) is 0 Å². The number of hydrogen-bond donors (Lipinski definition) is 2. The van der Waals surface area contributed by atoms with Crippen LogP contribution in [-0.2, 0) is 6.42 Å². The van der Waals surface area contributed by atoms with Gasteiger partial charge in [0.2, 0.25) is 0 Å². The van der Waals surface area contributed by atoms with Gasteiger partial charge in [-0.05, 0) is 25.0 Å². The van der Waals surface area contributed by atoms with E-state index in [9.17, 15) is 14.6 Å². The largest absolute Gasteiger partial charge is 0.390 e. The lowest BCUT2D eigenvalue weighted by atomic mass is 9.87. The first-order chi connectivity index (χ1) is 7.94. The lowest BCUT2D eigenvalue weighted by molar-refractivity contribution is -0.0792. The molecular formula is C13H18ClFO2. The SMILES string of the molecule is CCC(O)(CC)C(O)Cc1c(F)cccc1Cl. The molecule has 96 valence electrons. The summed E-state index contributed by atoms with van der Waals surface area (Å²) in [6.07, 6.45) is -0.177. The van der Waals surface area contributed by atoms with E-state index in [4.69, 9.17) is 11.6 Å². The van der Waals surface area contributed by atoms with Crippen LogP contribution in [0.2, 0.25) is 5.02 Å². The molecule has 1 rings (SSSR count). The molecule has 17 heavy (non-hydrogen) atoms. The summed E-state index contributed by atoms with van der Waals surface area (Å²) in [5.74, 6) is -0.453. The zero-order valence-electron chi connectivity index (χ0n) is 10.1. The van der Waals surface area contributed by atoms with Gasteiger partial charge in [-0.3, -0.25) is 0 Å². The zero-order chi connectivity index (χ0) is 13.1. The summed E-state index contributed by atoms with van der Waals surface area (Å²) in [5, 5.41) is 20.4. The van der Waals surface area contributed by atoms with Crippen LogP contribution < -0.4 is 0 Å². The molecule has 0 saturated heterocycles. The predicted octanol–water partition coefficient (Wildman–Crippen LogP) is 2.93. The molecule has 2 N–H and O–H groups in total. The number of aliphatic hydroxyl groups is 2. The first-order valence-electron chi connectivity index (χ1n) is 5.78. The van der Waals surface area contributed by atoms with Crippen LogP contribution in [0, 0.1) is 5.82 Å². The van der Waals surface area contributed by atoms with Crippen molar-refractivity contribution in [2.24, 2.45) is 0 Å². The van der Waals surface area contributed by atoms with Crippen LogP contribution >= 0.6 is 11.6 Å². The van der Waals surface area contributed by atoms with Gasteiger partial charge in [-0.15, -0.1) is 0 Å². The minimum absolute atomic E-state index is 0.0175. The van der Waals surface area contributed by atoms with Gasteiger partial charge in [-0.25, -0.2) is 4.39 Å². The van der Waals surface area contributed by atoms with Gasteiger partial charge in [-0.2, -0.15) is 0 Å². The van der Waals surface area contributed by atoms with Crippen molar-refractivity contribution in [2.45, 2.75) is 44.8 Å². The maximum atomic E-state index is 13.5. The van der Waals surface area contributed by atoms with Crippen LogP contribution in [0.3, 0.4) is 0 Å². The molecule has 0 radical (unpaired) electrons. The standard InChI is InChI=1S/C13H18ClFO2/c1-3-13(17,4-2)12(16)8-9-10(14)6-5-7-11(9)15/h5-7,12,16-17H,3-4,8H2,1-2H3. The number of halogens is 2. The molecule has 0 aliphatic rings. The fraction of sp³-hybridized carbons (Fsp3) is 0.538. The fourth-order valence-electron chi connectivity index (χ4n) is 1.83. The van der Waals surface area contributed by atoms with E-state index in [1.165, 1.54) is 12.1 Å². The molecule has 0 bridgehead atoms. The molecule has 0 fully saturated rings. The molecule has 2 nitrogen and oxygen atoms in total. The van der Waals surface area contributed by atoms with Crippen molar-refractivity contribution in [1.29, 1.82) is 0 Å². The highest BCUT2D eigenvalue weighted by Crippen LogP contribution is 2.26. The Morgan fingerprint density at radius 1 is 1.35 bits per heavy atom. The van der Waals surface area contributed by atoms with Crippen LogP contribution in [0.1, 0.15) is 32.3 Å². The number of rotatable bonds is 5. The smallest absolute Gasteiger partial charge is 0.127 e. The van der Waals surface area contributed by atoms with Crippen molar-refractivity contribution in [3.63, 3.8) is 0 Å². The van der Waals surface area contributed by atoms with Crippen molar-refractivity contribution < 1.29 is 14.6 Å². The number of aliphatic hydroxyl groups excluding tert-OH is 1. The van der Waals surface area contributed by atoms with Crippen LogP contribution in [0.4, 0.5) is 4.39 Å². The van der Waals surface area contributed by atoms with Crippen molar-refractivity contribution in [3.8, 4) is 0 Å². The monoisotopic (exact) mass is 260 g/mol. The molecule has 1 unspecified atom stereocenters. The first-order valence-corrected chi connectivity index (χ1v) is 6.15. The molecule has 0 aromatic heterocycles. The highest BCUT2D eigenvalue weighted by molar-refractivity contribution is 6.31. The Labute approximate surface area is 106 Å². The molecule has 1 atom stereocenters. The topological polar surface area (TPSA) is 40.5 Å². The molecule has 0 aliphatic heterocycles. The second kappa shape index (κ2) is 5.80. The Bertz CT molecular complexity index is 357. The lowest BCUT2D eigenvalue weighted by Crippen LogP contribution is -2.42. The second-order valence-corrected chi connectivity index (χ2v) is 4.64. The fourth-order valence-corrected chi connectivity index (χ4v) is 2.07. The van der Waals surface area contributed by atoms with E-state index in [0.717, 1.165) is 0 Å². The summed E-state index contributed by atoms with van der Waals surface area (Å²) < 4.78 is 13.5. The third-order valence-corrected chi connectivity index (χ3v) is 3.66. The maximum absolute atomic E-state index is 13.5. The molecular weight excluding hydrogens is 243 g/mol. The average Bonchev–Trinajstić information content (AvgIpc) is 2.32. The lowest BCUT2D eigenvalue weighted by Gasteiger charge is -2.31. The second-order valence-electron chi connectivity index (χ2n) is 4.23. The Balaban J connectivity index is 2.91. The average molecular weight is 261 g/mol. The molecule has 0 spiro atoms. The van der Waals surface area contributed by atoms with Crippen molar-refractivity contribution >= 4 is 11.6 Å². The first kappa shape index (κ1) is 14.4. The maximum Gasteiger partial charge on any atom is 0.127 e. The summed E-state index contributed by atoms with van der Waals surface area (Å²) in [6, 6.07) is 4.38. The number of benzene rings is 1. The van der Waals surface area contributed by atoms with E-state index < -0.39 is 17.5 Å². The van der Waals surface area contributed by atoms with E-state index in [0.29, 0.717) is 12.8 Å². The zero-order valence-corrected chi connectivity index (χ0v) is 10.8. The van der Waals surface area contributed by atoms with E-state index in [1.807, 2.05) is 0 Å². The summed E-state index contributed by atoms with van der Waals surface area (Å²) in [4.78, 5) is 0. The van der Waals surface area contributed by atoms with E-state index >= 15 is 0 Å². The predicted molar refractivity (Wildman–Crippen MR) is 66.7 cm³/mol. The van der Waals surface area contributed by atoms with Crippen LogP contribution in [-0.4, -0.2) is 21.9 Å². The Morgan fingerprint density at radius 2 is 1.94 bits per heavy atom. The van der Waals surface area contributed by atoms with Crippen LogP contribution in [0.5, 0.6) is 0 Å². The molecule has 0 amide bonds. The Morgan fingerprint density at radius 3 is 2.41 bits per heavy atom. The van der Waals surface area contributed by atoms with E-state index in [1.54, 1.807) is 19.9 Å². The summed E-state index contributed by atoms with van der Waals surface area (Å²) in [6.45, 7) is 3.57. The summed E-state index contributed by atoms with van der Waals surface area (Å²) in [5.41, 5.74) is -0.937. The highest BCUT2D eigenvalue weighted by Gasteiger charge is 2.32. The molecule has 0 aliphatic carbocycles. The Kier molecular flexibility index (Phi) is 4.92. The van der Waals surface area contributed by atoms with Gasteiger partial charge in [0.1, 0.15) is 5.82 Å². The van der Waals surface area contributed by atoms with Crippen molar-refractivity contribution in [3.05, 3.63) is 34.6 Å². The molecule has 1 aromatic carbocycles. The van der Waals surface area contributed by atoms with Crippen LogP contribution in [0.15, 0.2) is 18.2 Å². The van der Waals surface area contributed by atoms with Gasteiger partial charge >= 0.3 is 0 Å². The summed E-state index contributed by atoms with van der Waals surface area (Å²) in [7, 11) is 0. The molecule has 1 aromatic rings. The minimum atomic E-state index is -1.19. The third kappa shape index (κ3) is 3.18. The number of hydrogen-bond acceptors (Lipinski definition) is 2. The van der Waals surface area contributed by atoms with Crippen LogP contribution in [0.25, 0.3) is 0 Å². The molecule has 4 heteroatoms. The van der Waals surface area contributed by atoms with Gasteiger partial charge in [0, 0.05) is 17.0 Å². The van der Waals surface area contributed by atoms with E-state index in [-0.39, 0.29) is 17.0 Å². The Hall–Kier alpha value is -0.640. The van der Waals surface area contributed by atoms with Crippen molar-refractivity contribution in [2.75, 3.05) is 0 Å². The summed E-state index contributed by atoms with van der Waals surface area (Å²) >= 11 is 5.88. The third-order valence-electron chi connectivity index (χ3n) is 3.30. The van der Waals surface area contributed by atoms with Crippen molar-refractivity contribution in [1.82, 2.24) is 0 Å². The minimum Gasteiger partial charge on any atom is -0.390 e. The van der Waals surface area contributed by atoms with E-state index in [2.05, 4.69) is 0 Å². The quantitative estimate of drug-likeness (QED) is 0.855. The molecule has 0 heterocycles. The normalized spacial score (nSPS) is 13.8. The molecule has 0 saturated carbocycles. The van der Waals surface area contributed by atoms with Gasteiger partial charge in [0.05, 0.1) is 11.7 Å². The van der Waals surface area contributed by atoms with Gasteiger partial charge in [0.25, 0.3) is 0 Å².